The first-order chi connectivity index (χ1) is 9.61. The van der Waals surface area contributed by atoms with Crippen molar-refractivity contribution in [2.75, 3.05) is 0 Å². The van der Waals surface area contributed by atoms with Gasteiger partial charge in [0, 0.05) is 11.8 Å². The Morgan fingerprint density at radius 2 is 2.10 bits per heavy atom. The van der Waals surface area contributed by atoms with Crippen LogP contribution < -0.4 is 0 Å². The minimum Gasteiger partial charge on any atom is -0.299 e. The van der Waals surface area contributed by atoms with Crippen LogP contribution in [0.1, 0.15) is 58.3 Å². The Kier molecular flexibility index (Phi) is 2.78. The van der Waals surface area contributed by atoms with Gasteiger partial charge in [0.2, 0.25) is 0 Å². The summed E-state index contributed by atoms with van der Waals surface area (Å²) >= 11 is 0. The van der Waals surface area contributed by atoms with E-state index < -0.39 is 0 Å². The fourth-order valence-corrected chi connectivity index (χ4v) is 6.11. The highest BCUT2D eigenvalue weighted by Crippen LogP contribution is 2.61. The fourth-order valence-electron chi connectivity index (χ4n) is 6.11. The van der Waals surface area contributed by atoms with Crippen LogP contribution in [0.5, 0.6) is 0 Å². The molecule has 4 rings (SSSR count). The van der Waals surface area contributed by atoms with Gasteiger partial charge < -0.3 is 0 Å². The van der Waals surface area contributed by atoms with Crippen molar-refractivity contribution in [3.8, 4) is 0 Å². The highest BCUT2D eigenvalue weighted by Gasteiger charge is 2.57. The Bertz CT molecular complexity index is 500. The highest BCUT2D eigenvalue weighted by molar-refractivity contribution is 5.87. The Labute approximate surface area is 122 Å². The van der Waals surface area contributed by atoms with Crippen LogP contribution in [0.15, 0.2) is 23.8 Å². The molecule has 0 bridgehead atoms. The number of ketones is 1. The maximum atomic E-state index is 12.4. The largest absolute Gasteiger partial charge is 0.299 e. The van der Waals surface area contributed by atoms with Gasteiger partial charge in [-0.05, 0) is 68.6 Å². The molecule has 0 aromatic carbocycles. The molecule has 5 atom stereocenters. The molecule has 0 aromatic heterocycles. The van der Waals surface area contributed by atoms with Crippen LogP contribution in [0.25, 0.3) is 0 Å². The van der Waals surface area contributed by atoms with Gasteiger partial charge in [-0.2, -0.15) is 0 Å². The van der Waals surface area contributed by atoms with E-state index in [4.69, 9.17) is 0 Å². The van der Waals surface area contributed by atoms with Gasteiger partial charge in [-0.3, -0.25) is 4.79 Å². The van der Waals surface area contributed by atoms with E-state index in [1.54, 1.807) is 5.57 Å². The van der Waals surface area contributed by atoms with E-state index in [-0.39, 0.29) is 5.41 Å². The van der Waals surface area contributed by atoms with E-state index in [0.29, 0.717) is 17.6 Å². The van der Waals surface area contributed by atoms with Gasteiger partial charge in [0.25, 0.3) is 0 Å². The molecule has 0 heterocycles. The molecule has 0 aliphatic heterocycles. The fraction of sp³-hybridized carbons (Fsp3) is 0.737. The van der Waals surface area contributed by atoms with E-state index in [2.05, 4.69) is 19.6 Å². The lowest BCUT2D eigenvalue weighted by molar-refractivity contribution is -0.129. The zero-order valence-electron chi connectivity index (χ0n) is 12.7. The van der Waals surface area contributed by atoms with Gasteiger partial charge in [0.05, 0.1) is 0 Å². The summed E-state index contributed by atoms with van der Waals surface area (Å²) in [6.07, 6.45) is 12.1. The van der Waals surface area contributed by atoms with Gasteiger partial charge in [-0.25, -0.2) is 0 Å². The number of rotatable bonds is 0. The number of fused-ring (bicyclic) bond motifs is 5. The van der Waals surface area contributed by atoms with Crippen LogP contribution in [0.3, 0.4) is 0 Å². The molecular weight excluding hydrogens is 244 g/mol. The smallest absolute Gasteiger partial charge is 0.139 e. The van der Waals surface area contributed by atoms with Gasteiger partial charge in [-0.15, -0.1) is 0 Å². The van der Waals surface area contributed by atoms with Crippen molar-refractivity contribution in [3.05, 3.63) is 23.8 Å². The minimum absolute atomic E-state index is 0.0614. The second kappa shape index (κ2) is 4.32. The molecule has 1 nitrogen and oxygen atoms in total. The molecule has 0 N–H and O–H groups in total. The molecule has 0 radical (unpaired) electrons. The average Bonchev–Trinajstić information content (AvgIpc) is 2.74. The molecule has 0 aromatic rings. The zero-order chi connectivity index (χ0) is 13.9. The normalized spacial score (nSPS) is 47.4. The summed E-state index contributed by atoms with van der Waals surface area (Å²) < 4.78 is 0. The van der Waals surface area contributed by atoms with E-state index in [0.717, 1.165) is 31.1 Å². The van der Waals surface area contributed by atoms with E-state index in [1.807, 2.05) is 0 Å². The van der Waals surface area contributed by atoms with Crippen molar-refractivity contribution < 1.29 is 4.79 Å². The molecule has 0 unspecified atom stereocenters. The summed E-state index contributed by atoms with van der Waals surface area (Å²) in [6.45, 7) is 6.69. The van der Waals surface area contributed by atoms with Gasteiger partial charge in [-0.1, -0.05) is 30.7 Å². The predicted molar refractivity (Wildman–Crippen MR) is 81.2 cm³/mol. The van der Waals surface area contributed by atoms with Crippen LogP contribution in [0.2, 0.25) is 0 Å². The first-order valence-electron chi connectivity index (χ1n) is 8.51. The van der Waals surface area contributed by atoms with Crippen LogP contribution in [-0.2, 0) is 4.79 Å². The first-order valence-corrected chi connectivity index (χ1v) is 8.51. The van der Waals surface area contributed by atoms with Crippen LogP contribution in [-0.4, -0.2) is 5.78 Å². The molecule has 1 heteroatoms. The maximum Gasteiger partial charge on any atom is 0.139 e. The van der Waals surface area contributed by atoms with Gasteiger partial charge >= 0.3 is 0 Å². The number of allylic oxidation sites excluding steroid dienone is 3. The highest BCUT2D eigenvalue weighted by atomic mass is 16.1. The third kappa shape index (κ3) is 1.58. The summed E-state index contributed by atoms with van der Waals surface area (Å²) in [5.41, 5.74) is 3.07. The van der Waals surface area contributed by atoms with Gasteiger partial charge in [0.1, 0.15) is 5.78 Å². The lowest BCUT2D eigenvalue weighted by atomic mass is 9.51. The van der Waals surface area contributed by atoms with Crippen LogP contribution in [0, 0.1) is 29.1 Å². The summed E-state index contributed by atoms with van der Waals surface area (Å²) in [4.78, 5) is 12.4. The van der Waals surface area contributed by atoms with E-state index in [9.17, 15) is 4.79 Å². The third-order valence-corrected chi connectivity index (χ3v) is 6.98. The number of Topliss-reactive ketones (excluding diaryl/α,β-unsaturated/α-hetero) is 1. The Hall–Kier alpha value is -0.850. The molecular formula is C19H26O. The summed E-state index contributed by atoms with van der Waals surface area (Å²) in [6, 6.07) is 0. The standard InChI is InChI=1S/C19H26O/c1-12-11-19(2)16(9-10-17(19)20)15-8-7-13-5-3-4-6-14(13)18(12)15/h5,14-16,18H,1,3-4,6-11H2,2H3/t14-,15-,16-,18+,19-/m0/s1. The Morgan fingerprint density at radius 1 is 1.25 bits per heavy atom. The molecule has 108 valence electrons. The monoisotopic (exact) mass is 270 g/mol. The number of hydrogen-bond acceptors (Lipinski definition) is 1. The van der Waals surface area contributed by atoms with Crippen molar-refractivity contribution in [2.45, 2.75) is 58.3 Å². The maximum absolute atomic E-state index is 12.4. The number of carbonyl (C=O) groups excluding carboxylic acids is 1. The lowest BCUT2D eigenvalue weighted by Crippen LogP contribution is -2.47. The van der Waals surface area contributed by atoms with Crippen molar-refractivity contribution in [2.24, 2.45) is 29.1 Å². The SMILES string of the molecule is C=C1C[C@]2(C)C(=O)CC[C@H]2[C@@H]2CCC3=CCCC[C@@H]3[C@@H]12. The molecule has 4 aliphatic carbocycles. The number of hydrogen-bond donors (Lipinski definition) is 0. The molecule has 3 fully saturated rings. The van der Waals surface area contributed by atoms with E-state index >= 15 is 0 Å². The van der Waals surface area contributed by atoms with E-state index in [1.165, 1.54) is 37.7 Å². The quantitative estimate of drug-likeness (QED) is 0.584. The molecule has 0 saturated heterocycles. The zero-order valence-corrected chi connectivity index (χ0v) is 12.7. The third-order valence-electron chi connectivity index (χ3n) is 6.98. The van der Waals surface area contributed by atoms with Crippen molar-refractivity contribution in [3.63, 3.8) is 0 Å². The summed E-state index contributed by atoms with van der Waals surface area (Å²) in [5.74, 6) is 3.38. The predicted octanol–water partition coefficient (Wildman–Crippen LogP) is 4.68. The van der Waals surface area contributed by atoms with Crippen LogP contribution in [0.4, 0.5) is 0 Å². The average molecular weight is 270 g/mol. The van der Waals surface area contributed by atoms with Crippen molar-refractivity contribution in [1.29, 1.82) is 0 Å². The first kappa shape index (κ1) is 12.9. The molecule has 3 saturated carbocycles. The second-order valence-corrected chi connectivity index (χ2v) is 7.87. The summed E-state index contributed by atoms with van der Waals surface area (Å²) in [5, 5.41) is 0. The Balaban J connectivity index is 1.72. The molecule has 20 heavy (non-hydrogen) atoms. The molecule has 4 aliphatic rings. The Morgan fingerprint density at radius 3 is 2.95 bits per heavy atom. The molecule has 0 spiro atoms. The second-order valence-electron chi connectivity index (χ2n) is 7.87. The van der Waals surface area contributed by atoms with Crippen molar-refractivity contribution in [1.82, 2.24) is 0 Å². The summed E-state index contributed by atoms with van der Waals surface area (Å²) in [7, 11) is 0. The van der Waals surface area contributed by atoms with Crippen molar-refractivity contribution >= 4 is 5.78 Å². The molecule has 0 amide bonds. The lowest BCUT2D eigenvalue weighted by Gasteiger charge is -2.53. The topological polar surface area (TPSA) is 17.1 Å². The number of carbonyl (C=O) groups is 1. The van der Waals surface area contributed by atoms with Gasteiger partial charge in [0.15, 0.2) is 0 Å². The van der Waals surface area contributed by atoms with Crippen LogP contribution >= 0.6 is 0 Å². The minimum atomic E-state index is -0.0614.